The van der Waals surface area contributed by atoms with Crippen molar-refractivity contribution in [1.82, 2.24) is 9.88 Å². The van der Waals surface area contributed by atoms with Gasteiger partial charge in [0.25, 0.3) is 17.4 Å². The number of halogens is 1. The Morgan fingerprint density at radius 1 is 1.13 bits per heavy atom. The van der Waals surface area contributed by atoms with Gasteiger partial charge in [0.05, 0.1) is 21.8 Å². The molecule has 0 bridgehead atoms. The second-order valence-electron chi connectivity index (χ2n) is 4.86. The van der Waals surface area contributed by atoms with Crippen LogP contribution in [0.15, 0.2) is 29.1 Å². The number of nitrogen functional groups attached to an aromatic ring is 1. The zero-order valence-corrected chi connectivity index (χ0v) is 12.2. The molecule has 0 saturated carbocycles. The Morgan fingerprint density at radius 3 is 2.48 bits per heavy atom. The van der Waals surface area contributed by atoms with Crippen LogP contribution in [0.25, 0.3) is 5.69 Å². The molecule has 1 aromatic heterocycles. The number of nitrogens with two attached hydrogens (primary N) is 1. The molecule has 0 unspecified atom stereocenters. The largest absolute Gasteiger partial charge is 0.488 e. The molecule has 2 heterocycles. The SMILES string of the molecule is Nc1c2c(cc(=O)n1-c1cc(B(O)O)ccc1Cl)C(=O)NC2=O. The predicted octanol–water partition coefficient (Wildman–Crippen LogP) is -1.36. The Kier molecular flexibility index (Phi) is 3.48. The van der Waals surface area contributed by atoms with Crippen LogP contribution in [0.2, 0.25) is 5.02 Å². The molecule has 2 aromatic rings. The number of nitrogens with zero attached hydrogens (tertiary/aromatic N) is 1. The van der Waals surface area contributed by atoms with Gasteiger partial charge in [-0.15, -0.1) is 0 Å². The quantitative estimate of drug-likeness (QED) is 0.396. The number of aromatic nitrogens is 1. The van der Waals surface area contributed by atoms with Crippen molar-refractivity contribution < 1.29 is 19.6 Å². The second-order valence-corrected chi connectivity index (χ2v) is 5.27. The van der Waals surface area contributed by atoms with Crippen molar-refractivity contribution in [2.45, 2.75) is 0 Å². The number of hydrogen-bond donors (Lipinski definition) is 4. The Morgan fingerprint density at radius 2 is 1.83 bits per heavy atom. The molecule has 1 aliphatic rings. The molecule has 8 nitrogen and oxygen atoms in total. The summed E-state index contributed by atoms with van der Waals surface area (Å²) >= 11 is 6.05. The van der Waals surface area contributed by atoms with E-state index in [-0.39, 0.29) is 33.1 Å². The van der Waals surface area contributed by atoms with Gasteiger partial charge in [-0.25, -0.2) is 0 Å². The summed E-state index contributed by atoms with van der Waals surface area (Å²) in [6.07, 6.45) is 0. The molecule has 23 heavy (non-hydrogen) atoms. The van der Waals surface area contributed by atoms with Crippen LogP contribution in [0.4, 0.5) is 5.82 Å². The van der Waals surface area contributed by atoms with Crippen LogP contribution < -0.4 is 22.1 Å². The zero-order valence-electron chi connectivity index (χ0n) is 11.4. The van der Waals surface area contributed by atoms with Gasteiger partial charge in [-0.05, 0) is 17.6 Å². The number of benzene rings is 1. The van der Waals surface area contributed by atoms with E-state index in [9.17, 15) is 24.4 Å². The highest BCUT2D eigenvalue weighted by Crippen LogP contribution is 2.25. The number of amides is 2. The van der Waals surface area contributed by atoms with Crippen LogP contribution in [0, 0.1) is 0 Å². The van der Waals surface area contributed by atoms with Gasteiger partial charge < -0.3 is 15.8 Å². The molecule has 1 aromatic carbocycles. The molecule has 0 fully saturated rings. The maximum atomic E-state index is 12.3. The molecule has 10 heteroatoms. The minimum atomic E-state index is -1.78. The lowest BCUT2D eigenvalue weighted by atomic mass is 9.80. The van der Waals surface area contributed by atoms with E-state index < -0.39 is 24.5 Å². The van der Waals surface area contributed by atoms with Gasteiger partial charge >= 0.3 is 7.12 Å². The molecule has 2 amide bonds. The summed E-state index contributed by atoms with van der Waals surface area (Å²) in [7, 11) is -1.78. The molecule has 0 aliphatic carbocycles. The summed E-state index contributed by atoms with van der Waals surface area (Å²) in [4.78, 5) is 35.7. The van der Waals surface area contributed by atoms with Gasteiger partial charge in [0.1, 0.15) is 5.82 Å². The van der Waals surface area contributed by atoms with E-state index in [0.29, 0.717) is 0 Å². The van der Waals surface area contributed by atoms with Crippen LogP contribution in [-0.4, -0.2) is 33.5 Å². The van der Waals surface area contributed by atoms with Gasteiger partial charge in [0.15, 0.2) is 0 Å². The van der Waals surface area contributed by atoms with Crippen LogP contribution in [0.1, 0.15) is 20.7 Å². The number of imide groups is 1. The summed E-state index contributed by atoms with van der Waals surface area (Å²) in [5.41, 5.74) is 5.11. The number of pyridine rings is 1. The average molecular weight is 333 g/mol. The second kappa shape index (κ2) is 5.23. The highest BCUT2D eigenvalue weighted by Gasteiger charge is 2.32. The molecule has 0 radical (unpaired) electrons. The Bertz CT molecular complexity index is 925. The summed E-state index contributed by atoms with van der Waals surface area (Å²) in [6.45, 7) is 0. The van der Waals surface area contributed by atoms with E-state index in [1.54, 1.807) is 0 Å². The summed E-state index contributed by atoms with van der Waals surface area (Å²) in [6, 6.07) is 4.95. The first-order chi connectivity index (χ1) is 10.8. The van der Waals surface area contributed by atoms with Crippen LogP contribution >= 0.6 is 11.6 Å². The number of carbonyl (C=O) groups is 2. The number of rotatable bonds is 2. The standard InChI is InChI=1S/C13H9BClN3O5/c15-7-2-1-5(14(22)23)3-8(7)18-9(19)4-6-10(11(18)16)13(21)17-12(6)20/h1-4,22-23H,16H2,(H,17,20,21). The van der Waals surface area contributed by atoms with E-state index in [2.05, 4.69) is 5.32 Å². The fourth-order valence-corrected chi connectivity index (χ4v) is 2.59. The Hall–Kier alpha value is -2.62. The van der Waals surface area contributed by atoms with Gasteiger partial charge in [0, 0.05) is 6.07 Å². The summed E-state index contributed by atoms with van der Waals surface area (Å²) < 4.78 is 0.936. The molecule has 0 saturated heterocycles. The fraction of sp³-hybridized carbons (Fsp3) is 0. The Labute approximate surface area is 134 Å². The lowest BCUT2D eigenvalue weighted by molar-refractivity contribution is 0.0880. The van der Waals surface area contributed by atoms with E-state index in [4.69, 9.17) is 17.3 Å². The first kappa shape index (κ1) is 15.3. The molecule has 0 atom stereocenters. The molecular formula is C13H9BClN3O5. The smallest absolute Gasteiger partial charge is 0.423 e. The van der Waals surface area contributed by atoms with Gasteiger partial charge in [-0.1, -0.05) is 17.7 Å². The monoisotopic (exact) mass is 333 g/mol. The highest BCUT2D eigenvalue weighted by atomic mass is 35.5. The number of fused-ring (bicyclic) bond motifs is 1. The van der Waals surface area contributed by atoms with Gasteiger partial charge in [-0.2, -0.15) is 0 Å². The van der Waals surface area contributed by atoms with Crippen molar-refractivity contribution in [2.24, 2.45) is 0 Å². The number of anilines is 1. The van der Waals surface area contributed by atoms with Gasteiger partial charge in [-0.3, -0.25) is 24.3 Å². The molecular weight excluding hydrogens is 324 g/mol. The number of hydrogen-bond acceptors (Lipinski definition) is 6. The minimum absolute atomic E-state index is 0.0646. The number of nitrogens with one attached hydrogen (secondary N) is 1. The average Bonchev–Trinajstić information content (AvgIpc) is 2.75. The Balaban J connectivity index is 2.33. The molecule has 0 spiro atoms. The normalized spacial score (nSPS) is 13.0. The van der Waals surface area contributed by atoms with Gasteiger partial charge in [0.2, 0.25) is 0 Å². The van der Waals surface area contributed by atoms with Crippen molar-refractivity contribution in [2.75, 3.05) is 5.73 Å². The topological polar surface area (TPSA) is 135 Å². The van der Waals surface area contributed by atoms with E-state index in [1.165, 1.54) is 18.2 Å². The van der Waals surface area contributed by atoms with E-state index in [0.717, 1.165) is 10.6 Å². The molecule has 1 aliphatic heterocycles. The van der Waals surface area contributed by atoms with Crippen molar-refractivity contribution in [3.8, 4) is 5.69 Å². The van der Waals surface area contributed by atoms with Crippen molar-refractivity contribution in [1.29, 1.82) is 0 Å². The maximum absolute atomic E-state index is 12.3. The molecule has 5 N–H and O–H groups in total. The number of carbonyl (C=O) groups excluding carboxylic acids is 2. The zero-order chi connectivity index (χ0) is 16.9. The van der Waals surface area contributed by atoms with Crippen molar-refractivity contribution in [3.05, 3.63) is 50.8 Å². The van der Waals surface area contributed by atoms with Crippen LogP contribution in [0.3, 0.4) is 0 Å². The lowest BCUT2D eigenvalue weighted by Gasteiger charge is -2.14. The lowest BCUT2D eigenvalue weighted by Crippen LogP contribution is -2.31. The molecule has 116 valence electrons. The third kappa shape index (κ3) is 2.31. The first-order valence-corrected chi connectivity index (χ1v) is 6.76. The van der Waals surface area contributed by atoms with E-state index >= 15 is 0 Å². The first-order valence-electron chi connectivity index (χ1n) is 6.38. The molecule has 3 rings (SSSR count). The summed E-state index contributed by atoms with van der Waals surface area (Å²) in [5.74, 6) is -1.68. The van der Waals surface area contributed by atoms with Crippen LogP contribution in [-0.2, 0) is 0 Å². The van der Waals surface area contributed by atoms with Crippen LogP contribution in [0.5, 0.6) is 0 Å². The predicted molar refractivity (Wildman–Crippen MR) is 83.1 cm³/mol. The third-order valence-electron chi connectivity index (χ3n) is 3.46. The maximum Gasteiger partial charge on any atom is 0.488 e. The fourth-order valence-electron chi connectivity index (χ4n) is 2.39. The van der Waals surface area contributed by atoms with Crippen molar-refractivity contribution in [3.63, 3.8) is 0 Å². The van der Waals surface area contributed by atoms with E-state index in [1.807, 2.05) is 0 Å². The third-order valence-corrected chi connectivity index (χ3v) is 3.78. The van der Waals surface area contributed by atoms with Crippen molar-refractivity contribution >= 4 is 41.8 Å². The minimum Gasteiger partial charge on any atom is -0.423 e. The summed E-state index contributed by atoms with van der Waals surface area (Å²) in [5, 5.41) is 20.6. The highest BCUT2D eigenvalue weighted by molar-refractivity contribution is 6.58.